The fourth-order valence-corrected chi connectivity index (χ4v) is 4.53. The second kappa shape index (κ2) is 9.86. The number of fused-ring (bicyclic) bond motifs is 2. The van der Waals surface area contributed by atoms with Crippen molar-refractivity contribution in [2.75, 3.05) is 31.6 Å². The van der Waals surface area contributed by atoms with Crippen LogP contribution >= 0.6 is 0 Å². The zero-order valence-corrected chi connectivity index (χ0v) is 18.1. The molecule has 0 aromatic heterocycles. The largest absolute Gasteiger partial charge is 0.491 e. The summed E-state index contributed by atoms with van der Waals surface area (Å²) < 4.78 is 6.08. The summed E-state index contributed by atoms with van der Waals surface area (Å²) in [7, 11) is 0. The molecule has 0 unspecified atom stereocenters. The molecule has 164 valence electrons. The van der Waals surface area contributed by atoms with Gasteiger partial charge in [-0.25, -0.2) is 4.79 Å². The van der Waals surface area contributed by atoms with Gasteiger partial charge in [0.15, 0.2) is 0 Å². The maximum atomic E-state index is 12.9. The van der Waals surface area contributed by atoms with Crippen LogP contribution < -0.4 is 15.4 Å². The zero-order chi connectivity index (χ0) is 21.6. The van der Waals surface area contributed by atoms with E-state index in [2.05, 4.69) is 22.8 Å². The van der Waals surface area contributed by atoms with Gasteiger partial charge >= 0.3 is 6.03 Å². The van der Waals surface area contributed by atoms with Gasteiger partial charge in [0.1, 0.15) is 5.75 Å². The maximum absolute atomic E-state index is 12.9. The standard InChI is InChI=1S/C25H31N3O3/c1-2-12-26-25(30)28-13-10-20-16-24(29)27-22-15-19(18-6-4-3-5-7-18)8-9-23(22)31-14-11-21(20)17-28/h3-9,15,20-21H,2,10-14,16-17H2,1H3,(H,26,30)(H,27,29)/t20-,21-/m0/s1. The van der Waals surface area contributed by atoms with Crippen molar-refractivity contribution in [3.8, 4) is 16.9 Å². The topological polar surface area (TPSA) is 70.7 Å². The number of nitrogens with one attached hydrogen (secondary N) is 2. The molecule has 2 N–H and O–H groups in total. The Labute approximate surface area is 184 Å². The summed E-state index contributed by atoms with van der Waals surface area (Å²) in [6.45, 7) is 4.68. The van der Waals surface area contributed by atoms with Gasteiger partial charge in [0, 0.05) is 26.1 Å². The molecular formula is C25H31N3O3. The van der Waals surface area contributed by atoms with Crippen molar-refractivity contribution in [1.29, 1.82) is 0 Å². The van der Waals surface area contributed by atoms with E-state index in [4.69, 9.17) is 4.74 Å². The zero-order valence-electron chi connectivity index (χ0n) is 18.1. The minimum absolute atomic E-state index is 0.00144. The average molecular weight is 422 g/mol. The number of ether oxygens (including phenoxy) is 1. The normalized spacial score (nSPS) is 21.2. The number of nitrogens with zero attached hydrogens (tertiary/aromatic N) is 1. The molecule has 2 aliphatic rings. The summed E-state index contributed by atoms with van der Waals surface area (Å²) in [4.78, 5) is 27.1. The van der Waals surface area contributed by atoms with Gasteiger partial charge in [-0.15, -0.1) is 0 Å². The van der Waals surface area contributed by atoms with E-state index in [9.17, 15) is 9.59 Å². The lowest BCUT2D eigenvalue weighted by Crippen LogP contribution is -2.49. The summed E-state index contributed by atoms with van der Waals surface area (Å²) in [5.41, 5.74) is 2.87. The van der Waals surface area contributed by atoms with Gasteiger partial charge in [0.25, 0.3) is 0 Å². The number of likely N-dealkylation sites (tertiary alicyclic amines) is 1. The number of urea groups is 1. The molecule has 2 heterocycles. The van der Waals surface area contributed by atoms with Crippen LogP contribution in [0.15, 0.2) is 48.5 Å². The van der Waals surface area contributed by atoms with Gasteiger partial charge < -0.3 is 20.3 Å². The number of piperidine rings is 1. The van der Waals surface area contributed by atoms with E-state index in [1.54, 1.807) is 0 Å². The monoisotopic (exact) mass is 421 g/mol. The third-order valence-electron chi connectivity index (χ3n) is 6.26. The molecule has 3 amide bonds. The summed E-state index contributed by atoms with van der Waals surface area (Å²) >= 11 is 0. The van der Waals surface area contributed by atoms with E-state index in [1.165, 1.54) is 0 Å². The predicted octanol–water partition coefficient (Wildman–Crippen LogP) is 4.52. The Morgan fingerprint density at radius 1 is 1.13 bits per heavy atom. The highest BCUT2D eigenvalue weighted by Crippen LogP contribution is 2.35. The van der Waals surface area contributed by atoms with Gasteiger partial charge in [-0.3, -0.25) is 4.79 Å². The first-order valence-corrected chi connectivity index (χ1v) is 11.3. The van der Waals surface area contributed by atoms with E-state index >= 15 is 0 Å². The highest BCUT2D eigenvalue weighted by molar-refractivity contribution is 5.93. The number of hydrogen-bond donors (Lipinski definition) is 2. The number of benzene rings is 2. The number of rotatable bonds is 3. The van der Waals surface area contributed by atoms with E-state index in [-0.39, 0.29) is 23.8 Å². The molecule has 0 bridgehead atoms. The van der Waals surface area contributed by atoms with Crippen LogP contribution in [-0.4, -0.2) is 43.1 Å². The van der Waals surface area contributed by atoms with Crippen molar-refractivity contribution in [2.45, 2.75) is 32.6 Å². The fraction of sp³-hybridized carbons (Fsp3) is 0.440. The quantitative estimate of drug-likeness (QED) is 0.765. The van der Waals surface area contributed by atoms with Crippen LogP contribution in [0.5, 0.6) is 5.75 Å². The van der Waals surface area contributed by atoms with Crippen molar-refractivity contribution in [1.82, 2.24) is 10.2 Å². The Morgan fingerprint density at radius 3 is 2.77 bits per heavy atom. The summed E-state index contributed by atoms with van der Waals surface area (Å²) in [5, 5.41) is 6.04. The molecule has 2 aromatic carbocycles. The van der Waals surface area contributed by atoms with Crippen molar-refractivity contribution >= 4 is 17.6 Å². The third kappa shape index (κ3) is 5.19. The molecule has 1 fully saturated rings. The molecule has 6 nitrogen and oxygen atoms in total. The number of carbonyl (C=O) groups is 2. The van der Waals surface area contributed by atoms with Crippen LogP contribution in [0.4, 0.5) is 10.5 Å². The SMILES string of the molecule is CCCNC(=O)N1CC[C@H]2CC(=O)Nc3cc(-c4ccccc4)ccc3OCC[C@H]2C1. The number of hydrogen-bond acceptors (Lipinski definition) is 3. The fourth-order valence-electron chi connectivity index (χ4n) is 4.53. The molecular weight excluding hydrogens is 390 g/mol. The molecule has 0 spiro atoms. The van der Waals surface area contributed by atoms with E-state index in [0.29, 0.717) is 38.4 Å². The van der Waals surface area contributed by atoms with Gasteiger partial charge in [0.05, 0.1) is 12.3 Å². The Bertz CT molecular complexity index is 915. The molecule has 0 radical (unpaired) electrons. The van der Waals surface area contributed by atoms with Gasteiger partial charge in [-0.1, -0.05) is 43.3 Å². The third-order valence-corrected chi connectivity index (χ3v) is 6.26. The maximum Gasteiger partial charge on any atom is 0.317 e. The second-order valence-electron chi connectivity index (χ2n) is 8.45. The Morgan fingerprint density at radius 2 is 1.97 bits per heavy atom. The van der Waals surface area contributed by atoms with Gasteiger partial charge in [-0.05, 0) is 54.4 Å². The van der Waals surface area contributed by atoms with Crippen molar-refractivity contribution in [3.63, 3.8) is 0 Å². The highest BCUT2D eigenvalue weighted by Gasteiger charge is 2.33. The Balaban J connectivity index is 1.48. The first-order valence-electron chi connectivity index (χ1n) is 11.3. The Hall–Kier alpha value is -3.02. The Kier molecular flexibility index (Phi) is 6.75. The van der Waals surface area contributed by atoms with Gasteiger partial charge in [0.2, 0.25) is 5.91 Å². The smallest absolute Gasteiger partial charge is 0.317 e. The van der Waals surface area contributed by atoms with E-state index in [1.807, 2.05) is 48.2 Å². The summed E-state index contributed by atoms with van der Waals surface area (Å²) in [5.74, 6) is 1.23. The highest BCUT2D eigenvalue weighted by atomic mass is 16.5. The minimum Gasteiger partial charge on any atom is -0.491 e. The molecule has 0 aliphatic carbocycles. The molecule has 4 rings (SSSR count). The molecule has 2 aromatic rings. The van der Waals surface area contributed by atoms with Crippen molar-refractivity contribution in [3.05, 3.63) is 48.5 Å². The molecule has 31 heavy (non-hydrogen) atoms. The average Bonchev–Trinajstić information content (AvgIpc) is 2.79. The van der Waals surface area contributed by atoms with Crippen molar-refractivity contribution < 1.29 is 14.3 Å². The predicted molar refractivity (Wildman–Crippen MR) is 122 cm³/mol. The van der Waals surface area contributed by atoms with Crippen LogP contribution in [0.25, 0.3) is 11.1 Å². The summed E-state index contributed by atoms with van der Waals surface area (Å²) in [6.07, 6.45) is 3.07. The van der Waals surface area contributed by atoms with E-state index < -0.39 is 0 Å². The molecule has 2 atom stereocenters. The summed E-state index contributed by atoms with van der Waals surface area (Å²) in [6, 6.07) is 16.1. The number of carbonyl (C=O) groups excluding carboxylic acids is 2. The lowest BCUT2D eigenvalue weighted by molar-refractivity contribution is -0.118. The number of anilines is 1. The first kappa shape index (κ1) is 21.2. The lowest BCUT2D eigenvalue weighted by Gasteiger charge is -2.39. The molecule has 2 aliphatic heterocycles. The van der Waals surface area contributed by atoms with Crippen LogP contribution in [0.2, 0.25) is 0 Å². The van der Waals surface area contributed by atoms with Crippen LogP contribution in [-0.2, 0) is 4.79 Å². The van der Waals surface area contributed by atoms with Crippen molar-refractivity contribution in [2.24, 2.45) is 11.8 Å². The first-order chi connectivity index (χ1) is 15.1. The minimum atomic E-state index is 0.00144. The van der Waals surface area contributed by atoms with Crippen LogP contribution in [0.1, 0.15) is 32.6 Å². The molecule has 1 saturated heterocycles. The van der Waals surface area contributed by atoms with Gasteiger partial charge in [-0.2, -0.15) is 0 Å². The van der Waals surface area contributed by atoms with Crippen LogP contribution in [0, 0.1) is 11.8 Å². The second-order valence-corrected chi connectivity index (χ2v) is 8.45. The lowest BCUT2D eigenvalue weighted by atomic mass is 9.81. The van der Waals surface area contributed by atoms with E-state index in [0.717, 1.165) is 36.1 Å². The van der Waals surface area contributed by atoms with Crippen LogP contribution in [0.3, 0.4) is 0 Å². The number of amides is 3. The molecule has 0 saturated carbocycles. The molecule has 6 heteroatoms.